The van der Waals surface area contributed by atoms with E-state index in [1.165, 1.54) is 0 Å². The fourth-order valence-electron chi connectivity index (χ4n) is 2.10. The molecule has 0 radical (unpaired) electrons. The molecular weight excluding hydrogens is 243 g/mol. The first kappa shape index (κ1) is 14.3. The topological polar surface area (TPSA) is 77.6 Å². The van der Waals surface area contributed by atoms with Crippen molar-refractivity contribution in [3.05, 3.63) is 17.8 Å². The number of pyridine rings is 1. The molecule has 0 spiro atoms. The summed E-state index contributed by atoms with van der Waals surface area (Å²) < 4.78 is 12.0. The van der Waals surface area contributed by atoms with Gasteiger partial charge in [0.2, 0.25) is 0 Å². The minimum Gasteiger partial charge on any atom is -0.399 e. The molecule has 19 heavy (non-hydrogen) atoms. The van der Waals surface area contributed by atoms with Crippen LogP contribution in [0.25, 0.3) is 0 Å². The van der Waals surface area contributed by atoms with Crippen molar-refractivity contribution in [1.82, 2.24) is 4.98 Å². The predicted molar refractivity (Wildman–Crippen MR) is 75.2 cm³/mol. The van der Waals surface area contributed by atoms with Gasteiger partial charge >= 0.3 is 7.12 Å². The van der Waals surface area contributed by atoms with Crippen LogP contribution in [0.4, 0.5) is 5.82 Å². The summed E-state index contributed by atoms with van der Waals surface area (Å²) in [6, 6.07) is 1.84. The zero-order valence-electron chi connectivity index (χ0n) is 11.9. The van der Waals surface area contributed by atoms with Gasteiger partial charge in [0.1, 0.15) is 5.82 Å². The van der Waals surface area contributed by atoms with E-state index in [0.717, 1.165) is 11.0 Å². The smallest absolute Gasteiger partial charge is 0.399 e. The molecule has 1 aromatic rings. The number of hydrogen-bond donors (Lipinski definition) is 2. The molecule has 2 heterocycles. The van der Waals surface area contributed by atoms with Gasteiger partial charge in [0.15, 0.2) is 0 Å². The lowest BCUT2D eigenvalue weighted by Crippen LogP contribution is -2.41. The van der Waals surface area contributed by atoms with Crippen LogP contribution in [0.15, 0.2) is 12.3 Å². The molecule has 1 aliphatic rings. The van der Waals surface area contributed by atoms with E-state index >= 15 is 0 Å². The van der Waals surface area contributed by atoms with E-state index in [-0.39, 0.29) is 6.61 Å². The van der Waals surface area contributed by atoms with Gasteiger partial charge in [-0.1, -0.05) is 0 Å². The van der Waals surface area contributed by atoms with E-state index in [4.69, 9.17) is 20.1 Å². The van der Waals surface area contributed by atoms with Crippen molar-refractivity contribution < 1.29 is 14.4 Å². The van der Waals surface area contributed by atoms with Crippen LogP contribution in [0.5, 0.6) is 0 Å². The number of aliphatic hydroxyl groups is 1. The molecule has 0 aromatic carbocycles. The van der Waals surface area contributed by atoms with Gasteiger partial charge in [-0.3, -0.25) is 0 Å². The maximum atomic E-state index is 9.14. The number of aliphatic hydroxyl groups excluding tert-OH is 1. The largest absolute Gasteiger partial charge is 0.498 e. The summed E-state index contributed by atoms with van der Waals surface area (Å²) in [6.45, 7) is 8.02. The molecule has 0 saturated carbocycles. The second kappa shape index (κ2) is 4.78. The number of hydrogen-bond acceptors (Lipinski definition) is 5. The van der Waals surface area contributed by atoms with Gasteiger partial charge in [-0.05, 0) is 45.7 Å². The molecule has 1 saturated heterocycles. The number of nitrogens with two attached hydrogens (primary N) is 1. The first-order chi connectivity index (χ1) is 8.78. The summed E-state index contributed by atoms with van der Waals surface area (Å²) in [6.07, 6.45) is 2.14. The van der Waals surface area contributed by atoms with E-state index in [1.807, 2.05) is 33.8 Å². The van der Waals surface area contributed by atoms with Crippen LogP contribution in [-0.2, 0) is 15.7 Å². The number of nitrogen functional groups attached to an aromatic ring is 1. The Balaban J connectivity index is 2.39. The molecule has 2 rings (SSSR count). The van der Waals surface area contributed by atoms with Gasteiger partial charge in [-0.25, -0.2) is 4.98 Å². The lowest BCUT2D eigenvalue weighted by atomic mass is 9.75. The van der Waals surface area contributed by atoms with Crippen molar-refractivity contribution in [2.24, 2.45) is 0 Å². The van der Waals surface area contributed by atoms with Crippen LogP contribution in [0.3, 0.4) is 0 Å². The Bertz CT molecular complexity index is 461. The Morgan fingerprint density at radius 3 is 2.37 bits per heavy atom. The molecule has 3 N–H and O–H groups in total. The van der Waals surface area contributed by atoms with Crippen molar-refractivity contribution in [3.8, 4) is 0 Å². The Morgan fingerprint density at radius 2 is 1.84 bits per heavy atom. The first-order valence-corrected chi connectivity index (χ1v) is 6.48. The van der Waals surface area contributed by atoms with Crippen molar-refractivity contribution in [3.63, 3.8) is 0 Å². The van der Waals surface area contributed by atoms with E-state index < -0.39 is 18.3 Å². The Kier molecular flexibility index (Phi) is 3.60. The van der Waals surface area contributed by atoms with E-state index in [9.17, 15) is 0 Å². The minimum atomic E-state index is -0.541. The second-order valence-electron chi connectivity index (χ2n) is 5.83. The molecule has 0 amide bonds. The second-order valence-corrected chi connectivity index (χ2v) is 5.83. The molecule has 0 bridgehead atoms. The minimum absolute atomic E-state index is 0.0515. The predicted octanol–water partition coefficient (Wildman–Crippen LogP) is 0.498. The van der Waals surface area contributed by atoms with Gasteiger partial charge in [-0.15, -0.1) is 0 Å². The van der Waals surface area contributed by atoms with Crippen molar-refractivity contribution in [1.29, 1.82) is 0 Å². The quantitative estimate of drug-likeness (QED) is 0.777. The summed E-state index contributed by atoms with van der Waals surface area (Å²) in [4.78, 5) is 4.10. The summed E-state index contributed by atoms with van der Waals surface area (Å²) in [5.74, 6) is 0.393. The van der Waals surface area contributed by atoms with Crippen molar-refractivity contribution in [2.45, 2.75) is 45.3 Å². The van der Waals surface area contributed by atoms with E-state index in [0.29, 0.717) is 12.2 Å². The summed E-state index contributed by atoms with van der Waals surface area (Å²) in [7, 11) is -0.541. The summed E-state index contributed by atoms with van der Waals surface area (Å²) in [5, 5.41) is 9.14. The molecular formula is C13H21BN2O3. The fraction of sp³-hybridized carbons (Fsp3) is 0.615. The summed E-state index contributed by atoms with van der Waals surface area (Å²) >= 11 is 0. The number of anilines is 1. The maximum absolute atomic E-state index is 9.14. The van der Waals surface area contributed by atoms with E-state index in [2.05, 4.69) is 4.98 Å². The van der Waals surface area contributed by atoms with Crippen LogP contribution >= 0.6 is 0 Å². The van der Waals surface area contributed by atoms with Crippen LogP contribution in [0.2, 0.25) is 0 Å². The highest BCUT2D eigenvalue weighted by Gasteiger charge is 2.52. The third-order valence-corrected chi connectivity index (χ3v) is 3.98. The van der Waals surface area contributed by atoms with Gasteiger partial charge < -0.3 is 20.1 Å². The van der Waals surface area contributed by atoms with Gasteiger partial charge in [0, 0.05) is 18.3 Å². The number of aromatic nitrogens is 1. The third kappa shape index (κ3) is 2.48. The molecule has 6 heteroatoms. The maximum Gasteiger partial charge on any atom is 0.498 e. The Morgan fingerprint density at radius 1 is 1.26 bits per heavy atom. The highest BCUT2D eigenvalue weighted by molar-refractivity contribution is 6.64. The third-order valence-electron chi connectivity index (χ3n) is 3.98. The average Bonchev–Trinajstić information content (AvgIpc) is 2.48. The van der Waals surface area contributed by atoms with Crippen LogP contribution < -0.4 is 11.2 Å². The highest BCUT2D eigenvalue weighted by atomic mass is 16.7. The van der Waals surface area contributed by atoms with E-state index in [1.54, 1.807) is 6.20 Å². The zero-order chi connectivity index (χ0) is 14.3. The van der Waals surface area contributed by atoms with Gasteiger partial charge in [-0.2, -0.15) is 0 Å². The van der Waals surface area contributed by atoms with Crippen molar-refractivity contribution >= 4 is 18.4 Å². The first-order valence-electron chi connectivity index (χ1n) is 6.48. The molecule has 5 nitrogen and oxygen atoms in total. The van der Waals surface area contributed by atoms with Crippen LogP contribution in [-0.4, -0.2) is 35.0 Å². The SMILES string of the molecule is CC1(C)OB(c2c(CCO)ccnc2N)OC1(C)C. The summed E-state index contributed by atoms with van der Waals surface area (Å²) in [5.41, 5.74) is 6.76. The molecule has 1 fully saturated rings. The fourth-order valence-corrected chi connectivity index (χ4v) is 2.10. The average molecular weight is 264 g/mol. The normalized spacial score (nSPS) is 20.8. The standard InChI is InChI=1S/C13H21BN2O3/c1-12(2)13(3,4)19-14(18-12)10-9(6-8-17)5-7-16-11(10)15/h5,7,17H,6,8H2,1-4H3,(H2,15,16). The Labute approximate surface area is 114 Å². The lowest BCUT2D eigenvalue weighted by molar-refractivity contribution is 0.00578. The molecule has 1 aliphatic heterocycles. The molecule has 0 atom stereocenters. The highest BCUT2D eigenvalue weighted by Crippen LogP contribution is 2.37. The van der Waals surface area contributed by atoms with Gasteiger partial charge in [0.25, 0.3) is 0 Å². The number of rotatable bonds is 3. The van der Waals surface area contributed by atoms with Crippen molar-refractivity contribution in [2.75, 3.05) is 12.3 Å². The number of nitrogens with zero attached hydrogens (tertiary/aromatic N) is 1. The monoisotopic (exact) mass is 264 g/mol. The molecule has 0 unspecified atom stereocenters. The molecule has 0 aliphatic carbocycles. The lowest BCUT2D eigenvalue weighted by Gasteiger charge is -2.32. The van der Waals surface area contributed by atoms with Gasteiger partial charge in [0.05, 0.1) is 11.2 Å². The molecule has 1 aromatic heterocycles. The Hall–Kier alpha value is -1.11. The van der Waals surface area contributed by atoms with Crippen LogP contribution in [0.1, 0.15) is 33.3 Å². The zero-order valence-corrected chi connectivity index (χ0v) is 11.9. The van der Waals surface area contributed by atoms with Crippen LogP contribution in [0, 0.1) is 0 Å². The molecule has 104 valence electrons.